The van der Waals surface area contributed by atoms with E-state index in [0.717, 1.165) is 39.9 Å². The molecule has 11 heavy (non-hydrogen) atoms. The molecule has 2 rings (SSSR count). The lowest BCUT2D eigenvalue weighted by Gasteiger charge is -2.45. The highest BCUT2D eigenvalue weighted by atomic mass is 15.6. The molecule has 64 valence electrons. The molecule has 2 heterocycles. The number of rotatable bonds is 1. The molecule has 2 saturated heterocycles. The normalized spacial score (nSPS) is 39.0. The minimum Gasteiger partial charge on any atom is -0.291 e. The molecule has 0 amide bonds. The first-order valence-corrected chi connectivity index (χ1v) is 4.26. The molecule has 2 aliphatic rings. The predicted octanol–water partition coefficient (Wildman–Crippen LogP) is -0.683. The van der Waals surface area contributed by atoms with Gasteiger partial charge in [0.1, 0.15) is 0 Å². The third kappa shape index (κ3) is 1.54. The summed E-state index contributed by atoms with van der Waals surface area (Å²) in [6, 6.07) is 0. The molecule has 4 nitrogen and oxygen atoms in total. The molecule has 0 aromatic carbocycles. The highest BCUT2D eigenvalue weighted by molar-refractivity contribution is 4.71. The Labute approximate surface area is 67.7 Å². The van der Waals surface area contributed by atoms with Crippen LogP contribution in [0.3, 0.4) is 0 Å². The van der Waals surface area contributed by atoms with Crippen molar-refractivity contribution in [1.29, 1.82) is 0 Å². The quantitative estimate of drug-likeness (QED) is 0.543. The summed E-state index contributed by atoms with van der Waals surface area (Å²) < 4.78 is 0. The average Bonchev–Trinajstić information content (AvgIpc) is 2.03. The SMILES string of the molecule is CCN1CN2CNCN(C1)C2. The summed E-state index contributed by atoms with van der Waals surface area (Å²) in [6.07, 6.45) is 0. The van der Waals surface area contributed by atoms with E-state index in [0.29, 0.717) is 0 Å². The Kier molecular flexibility index (Phi) is 2.09. The van der Waals surface area contributed by atoms with Gasteiger partial charge in [-0.05, 0) is 6.54 Å². The van der Waals surface area contributed by atoms with Crippen molar-refractivity contribution in [2.75, 3.05) is 39.9 Å². The number of nitrogens with zero attached hydrogens (tertiary/aromatic N) is 3. The molecule has 2 fully saturated rings. The smallest absolute Gasteiger partial charge is 0.0554 e. The van der Waals surface area contributed by atoms with Crippen molar-refractivity contribution in [1.82, 2.24) is 20.0 Å². The first-order chi connectivity index (χ1) is 5.38. The maximum absolute atomic E-state index is 3.36. The van der Waals surface area contributed by atoms with Crippen molar-refractivity contribution in [2.24, 2.45) is 0 Å². The number of hydrogen-bond donors (Lipinski definition) is 1. The minimum atomic E-state index is 1.05. The summed E-state index contributed by atoms with van der Waals surface area (Å²) in [6.45, 7) is 8.87. The maximum atomic E-state index is 3.36. The van der Waals surface area contributed by atoms with Crippen molar-refractivity contribution in [3.63, 3.8) is 0 Å². The lowest BCUT2D eigenvalue weighted by Crippen LogP contribution is -2.62. The fourth-order valence-electron chi connectivity index (χ4n) is 1.75. The Morgan fingerprint density at radius 3 is 2.27 bits per heavy atom. The lowest BCUT2D eigenvalue weighted by molar-refractivity contribution is -0.0645. The van der Waals surface area contributed by atoms with Crippen LogP contribution in [0.4, 0.5) is 0 Å². The van der Waals surface area contributed by atoms with Crippen LogP contribution in [0.25, 0.3) is 0 Å². The Morgan fingerprint density at radius 2 is 1.73 bits per heavy atom. The molecule has 0 radical (unpaired) electrons. The van der Waals surface area contributed by atoms with Gasteiger partial charge in [-0.1, -0.05) is 6.92 Å². The number of hydrogen-bond acceptors (Lipinski definition) is 4. The summed E-state index contributed by atoms with van der Waals surface area (Å²) in [5, 5.41) is 3.36. The van der Waals surface area contributed by atoms with Crippen LogP contribution in [-0.4, -0.2) is 54.6 Å². The largest absolute Gasteiger partial charge is 0.291 e. The van der Waals surface area contributed by atoms with E-state index in [2.05, 4.69) is 26.9 Å². The maximum Gasteiger partial charge on any atom is 0.0554 e. The van der Waals surface area contributed by atoms with E-state index in [4.69, 9.17) is 0 Å². The summed E-state index contributed by atoms with van der Waals surface area (Å²) in [4.78, 5) is 7.28. The van der Waals surface area contributed by atoms with Crippen molar-refractivity contribution < 1.29 is 0 Å². The molecule has 0 spiro atoms. The van der Waals surface area contributed by atoms with Crippen molar-refractivity contribution in [3.05, 3.63) is 0 Å². The van der Waals surface area contributed by atoms with Gasteiger partial charge in [-0.25, -0.2) is 0 Å². The van der Waals surface area contributed by atoms with Gasteiger partial charge in [0.15, 0.2) is 0 Å². The molecule has 0 aromatic heterocycles. The van der Waals surface area contributed by atoms with Crippen LogP contribution < -0.4 is 5.32 Å². The first-order valence-electron chi connectivity index (χ1n) is 4.26. The predicted molar refractivity (Wildman–Crippen MR) is 43.5 cm³/mol. The zero-order chi connectivity index (χ0) is 7.68. The van der Waals surface area contributed by atoms with E-state index in [1.165, 1.54) is 0 Å². The molecule has 2 unspecified atom stereocenters. The Hall–Kier alpha value is -0.160. The van der Waals surface area contributed by atoms with Gasteiger partial charge in [0.25, 0.3) is 0 Å². The van der Waals surface area contributed by atoms with Crippen molar-refractivity contribution in [2.45, 2.75) is 6.92 Å². The fourth-order valence-corrected chi connectivity index (χ4v) is 1.75. The topological polar surface area (TPSA) is 21.8 Å². The highest BCUT2D eigenvalue weighted by Gasteiger charge is 2.24. The van der Waals surface area contributed by atoms with Gasteiger partial charge in [0, 0.05) is 0 Å². The molecule has 4 heteroatoms. The van der Waals surface area contributed by atoms with Gasteiger partial charge < -0.3 is 0 Å². The van der Waals surface area contributed by atoms with E-state index >= 15 is 0 Å². The molecule has 1 N–H and O–H groups in total. The summed E-state index contributed by atoms with van der Waals surface area (Å²) in [7, 11) is 0. The Morgan fingerprint density at radius 1 is 1.09 bits per heavy atom. The van der Waals surface area contributed by atoms with Crippen LogP contribution in [0.2, 0.25) is 0 Å². The van der Waals surface area contributed by atoms with Crippen molar-refractivity contribution in [3.8, 4) is 0 Å². The molecule has 0 aromatic rings. The van der Waals surface area contributed by atoms with Crippen LogP contribution in [-0.2, 0) is 0 Å². The zero-order valence-electron chi connectivity index (χ0n) is 7.08. The zero-order valence-corrected chi connectivity index (χ0v) is 7.08. The average molecular weight is 156 g/mol. The first kappa shape index (κ1) is 7.49. The minimum absolute atomic E-state index is 1.05. The van der Waals surface area contributed by atoms with Gasteiger partial charge >= 0.3 is 0 Å². The van der Waals surface area contributed by atoms with E-state index in [9.17, 15) is 0 Å². The van der Waals surface area contributed by atoms with Crippen LogP contribution in [0.1, 0.15) is 6.92 Å². The fraction of sp³-hybridized carbons (Fsp3) is 1.00. The Bertz CT molecular complexity index is 126. The second kappa shape index (κ2) is 3.06. The van der Waals surface area contributed by atoms with Gasteiger partial charge in [0.2, 0.25) is 0 Å². The van der Waals surface area contributed by atoms with Crippen LogP contribution >= 0.6 is 0 Å². The van der Waals surface area contributed by atoms with Gasteiger partial charge in [-0.2, -0.15) is 0 Å². The molecular weight excluding hydrogens is 140 g/mol. The Balaban J connectivity index is 1.94. The third-order valence-electron chi connectivity index (χ3n) is 2.32. The summed E-state index contributed by atoms with van der Waals surface area (Å²) >= 11 is 0. The van der Waals surface area contributed by atoms with Gasteiger partial charge in [-0.15, -0.1) is 0 Å². The molecule has 2 atom stereocenters. The van der Waals surface area contributed by atoms with Gasteiger partial charge in [0.05, 0.1) is 33.3 Å². The van der Waals surface area contributed by atoms with E-state index in [-0.39, 0.29) is 0 Å². The van der Waals surface area contributed by atoms with E-state index in [1.807, 2.05) is 0 Å². The number of nitrogens with one attached hydrogen (secondary N) is 1. The molecule has 0 saturated carbocycles. The highest BCUT2D eigenvalue weighted by Crippen LogP contribution is 2.07. The van der Waals surface area contributed by atoms with Crippen LogP contribution in [0, 0.1) is 0 Å². The van der Waals surface area contributed by atoms with Crippen molar-refractivity contribution >= 4 is 0 Å². The van der Waals surface area contributed by atoms with E-state index < -0.39 is 0 Å². The monoisotopic (exact) mass is 156 g/mol. The van der Waals surface area contributed by atoms with E-state index in [1.54, 1.807) is 0 Å². The summed E-state index contributed by atoms with van der Waals surface area (Å²) in [5.41, 5.74) is 0. The molecule has 2 aliphatic heterocycles. The second-order valence-electron chi connectivity index (χ2n) is 3.32. The van der Waals surface area contributed by atoms with Crippen LogP contribution in [0.15, 0.2) is 0 Å². The standard InChI is InChI=1S/C7H16N4/c1-2-9-5-10-3-8-4-11(6-9)7-10/h8H,2-7H2,1H3. The number of fused-ring (bicyclic) bond motifs is 2. The third-order valence-corrected chi connectivity index (χ3v) is 2.32. The second-order valence-corrected chi connectivity index (χ2v) is 3.32. The molecule has 2 bridgehead atoms. The van der Waals surface area contributed by atoms with Crippen LogP contribution in [0.5, 0.6) is 0 Å². The van der Waals surface area contributed by atoms with Gasteiger partial charge in [-0.3, -0.25) is 20.0 Å². The lowest BCUT2D eigenvalue weighted by atomic mass is 10.4. The molecule has 0 aliphatic carbocycles. The summed E-state index contributed by atoms with van der Waals surface area (Å²) in [5.74, 6) is 0. The molecular formula is C7H16N4.